The Balaban J connectivity index is 1.71. The molecule has 4 aromatic rings. The molecule has 0 radical (unpaired) electrons. The summed E-state index contributed by atoms with van der Waals surface area (Å²) in [6.07, 6.45) is 3.70. The van der Waals surface area contributed by atoms with E-state index >= 15 is 0 Å². The van der Waals surface area contributed by atoms with Crippen LogP contribution in [0.3, 0.4) is 0 Å². The van der Waals surface area contributed by atoms with Crippen LogP contribution in [0, 0.1) is 0 Å². The number of ether oxygens (including phenoxy) is 3. The van der Waals surface area contributed by atoms with Gasteiger partial charge in [-0.1, -0.05) is 35.5 Å². The predicted molar refractivity (Wildman–Crippen MR) is 126 cm³/mol. The van der Waals surface area contributed by atoms with Gasteiger partial charge in [-0.2, -0.15) is 14.6 Å². The first-order valence-corrected chi connectivity index (χ1v) is 11.3. The van der Waals surface area contributed by atoms with Gasteiger partial charge in [-0.3, -0.25) is 0 Å². The van der Waals surface area contributed by atoms with Gasteiger partial charge in [0, 0.05) is 17.1 Å². The molecule has 1 N–H and O–H groups in total. The fourth-order valence-electron chi connectivity index (χ4n) is 3.34. The van der Waals surface area contributed by atoms with Crippen molar-refractivity contribution < 1.29 is 14.2 Å². The summed E-state index contributed by atoms with van der Waals surface area (Å²) >= 11 is 7.65. The first-order valence-electron chi connectivity index (χ1n) is 9.66. The normalized spacial score (nSPS) is 10.9. The molecule has 0 amide bonds. The molecule has 0 aliphatic carbocycles. The average Bonchev–Trinajstić information content (AvgIpc) is 3.25. The molecule has 2 heterocycles. The van der Waals surface area contributed by atoms with E-state index in [0.29, 0.717) is 45.6 Å². The molecule has 0 fully saturated rings. The second-order valence-corrected chi connectivity index (χ2v) is 7.93. The number of thioether (sulfide) groups is 1. The second kappa shape index (κ2) is 9.54. The topological polar surface area (TPSA) is 82.8 Å². The fraction of sp³-hybridized carbons (Fsp3) is 0.227. The lowest BCUT2D eigenvalue weighted by Gasteiger charge is -2.15. The van der Waals surface area contributed by atoms with Gasteiger partial charge in [-0.05, 0) is 41.6 Å². The van der Waals surface area contributed by atoms with Crippen LogP contribution in [0.4, 0.5) is 5.95 Å². The number of halogens is 1. The van der Waals surface area contributed by atoms with Crippen LogP contribution in [-0.4, -0.2) is 47.2 Å². The van der Waals surface area contributed by atoms with Crippen LogP contribution in [0.25, 0.3) is 16.8 Å². The van der Waals surface area contributed by atoms with Crippen LogP contribution >= 0.6 is 23.4 Å². The van der Waals surface area contributed by atoms with Crippen molar-refractivity contribution in [2.24, 2.45) is 0 Å². The predicted octanol–water partition coefficient (Wildman–Crippen LogP) is 4.80. The van der Waals surface area contributed by atoms with Gasteiger partial charge in [0.05, 0.1) is 27.5 Å². The molecule has 32 heavy (non-hydrogen) atoms. The molecule has 166 valence electrons. The summed E-state index contributed by atoms with van der Waals surface area (Å²) in [7, 11) is 4.76. The standard InChI is InChI=1S/C22H22ClN5O3S/c1-29-17-8-13(9-18(30-2)19(17)31-3)11-24-21-27-22(32-4)26-20-16(12-25-28(20)21)14-6-5-7-15(23)10-14/h5-10,12H,11H2,1-4H3,(H,24,26,27). The largest absolute Gasteiger partial charge is 0.493 e. The molecule has 0 unspecified atom stereocenters. The van der Waals surface area contributed by atoms with Crippen molar-refractivity contribution in [2.75, 3.05) is 32.9 Å². The first kappa shape index (κ1) is 22.0. The Bertz CT molecular complexity index is 1240. The number of benzene rings is 2. The Hall–Kier alpha value is -3.17. The zero-order valence-electron chi connectivity index (χ0n) is 18.0. The molecular weight excluding hydrogens is 450 g/mol. The van der Waals surface area contributed by atoms with Gasteiger partial charge in [0.15, 0.2) is 22.3 Å². The third kappa shape index (κ3) is 4.26. The van der Waals surface area contributed by atoms with Crippen LogP contribution in [0.15, 0.2) is 47.8 Å². The highest BCUT2D eigenvalue weighted by Gasteiger charge is 2.16. The van der Waals surface area contributed by atoms with Crippen molar-refractivity contribution in [1.82, 2.24) is 19.6 Å². The van der Waals surface area contributed by atoms with Gasteiger partial charge in [-0.15, -0.1) is 0 Å². The molecular formula is C22H22ClN5O3S. The SMILES string of the molecule is COc1cc(CNc2nc(SC)nc3c(-c4cccc(Cl)c4)cnn23)cc(OC)c1OC. The molecule has 0 saturated heterocycles. The van der Waals surface area contributed by atoms with Crippen molar-refractivity contribution in [3.63, 3.8) is 0 Å². The van der Waals surface area contributed by atoms with E-state index in [2.05, 4.69) is 20.4 Å². The van der Waals surface area contributed by atoms with Crippen LogP contribution in [0.2, 0.25) is 5.02 Å². The minimum atomic E-state index is 0.461. The molecule has 0 saturated carbocycles. The number of rotatable bonds is 8. The summed E-state index contributed by atoms with van der Waals surface area (Å²) in [4.78, 5) is 9.27. The Morgan fingerprint density at radius 1 is 1.03 bits per heavy atom. The maximum Gasteiger partial charge on any atom is 0.228 e. The number of anilines is 1. The lowest BCUT2D eigenvalue weighted by molar-refractivity contribution is 0.324. The molecule has 0 aliphatic heterocycles. The van der Waals surface area contributed by atoms with Gasteiger partial charge in [0.2, 0.25) is 11.7 Å². The third-order valence-corrected chi connectivity index (χ3v) is 5.62. The maximum atomic E-state index is 6.19. The summed E-state index contributed by atoms with van der Waals surface area (Å²) in [5.41, 5.74) is 3.44. The quantitative estimate of drug-likeness (QED) is 0.367. The number of nitrogens with zero attached hydrogens (tertiary/aromatic N) is 4. The highest BCUT2D eigenvalue weighted by atomic mass is 35.5. The molecule has 0 atom stereocenters. The van der Waals surface area contributed by atoms with Gasteiger partial charge >= 0.3 is 0 Å². The summed E-state index contributed by atoms with van der Waals surface area (Å²) in [6.45, 7) is 0.461. The number of aromatic nitrogens is 4. The van der Waals surface area contributed by atoms with E-state index in [1.165, 1.54) is 11.8 Å². The van der Waals surface area contributed by atoms with E-state index in [0.717, 1.165) is 16.7 Å². The minimum Gasteiger partial charge on any atom is -0.493 e. The van der Waals surface area contributed by atoms with E-state index in [4.69, 9.17) is 25.8 Å². The van der Waals surface area contributed by atoms with Gasteiger partial charge in [0.1, 0.15) is 0 Å². The number of nitrogens with one attached hydrogen (secondary N) is 1. The number of hydrogen-bond acceptors (Lipinski definition) is 8. The van der Waals surface area contributed by atoms with E-state index in [9.17, 15) is 0 Å². The molecule has 2 aromatic heterocycles. The first-order chi connectivity index (χ1) is 15.6. The van der Waals surface area contributed by atoms with Crippen LogP contribution < -0.4 is 19.5 Å². The zero-order valence-corrected chi connectivity index (χ0v) is 19.6. The molecule has 0 bridgehead atoms. The van der Waals surface area contributed by atoms with E-state index < -0.39 is 0 Å². The van der Waals surface area contributed by atoms with Crippen LogP contribution in [0.5, 0.6) is 17.2 Å². The molecule has 2 aromatic carbocycles. The highest BCUT2D eigenvalue weighted by Crippen LogP contribution is 2.38. The van der Waals surface area contributed by atoms with E-state index in [-0.39, 0.29) is 0 Å². The van der Waals surface area contributed by atoms with Crippen LogP contribution in [-0.2, 0) is 6.54 Å². The molecule has 0 aliphatic rings. The number of hydrogen-bond donors (Lipinski definition) is 1. The number of fused-ring (bicyclic) bond motifs is 1. The Morgan fingerprint density at radius 3 is 2.41 bits per heavy atom. The zero-order chi connectivity index (χ0) is 22.7. The van der Waals surface area contributed by atoms with Crippen molar-refractivity contribution >= 4 is 35.0 Å². The van der Waals surface area contributed by atoms with Crippen molar-refractivity contribution in [3.8, 4) is 28.4 Å². The lowest BCUT2D eigenvalue weighted by Crippen LogP contribution is -2.10. The Labute approximate surface area is 194 Å². The molecule has 8 nitrogen and oxygen atoms in total. The summed E-state index contributed by atoms with van der Waals surface area (Å²) in [5.74, 6) is 2.29. The van der Waals surface area contributed by atoms with Crippen molar-refractivity contribution in [1.29, 1.82) is 0 Å². The Kier molecular flexibility index (Phi) is 6.57. The highest BCUT2D eigenvalue weighted by molar-refractivity contribution is 7.98. The summed E-state index contributed by atoms with van der Waals surface area (Å²) in [5, 5.41) is 9.16. The molecule has 10 heteroatoms. The smallest absolute Gasteiger partial charge is 0.228 e. The van der Waals surface area contributed by atoms with Gasteiger partial charge < -0.3 is 19.5 Å². The molecule has 0 spiro atoms. The number of methoxy groups -OCH3 is 3. The minimum absolute atomic E-state index is 0.461. The van der Waals surface area contributed by atoms with Crippen molar-refractivity contribution in [3.05, 3.63) is 53.2 Å². The maximum absolute atomic E-state index is 6.19. The average molecular weight is 472 g/mol. The summed E-state index contributed by atoms with van der Waals surface area (Å²) < 4.78 is 18.0. The van der Waals surface area contributed by atoms with Gasteiger partial charge in [-0.25, -0.2) is 4.98 Å². The third-order valence-electron chi connectivity index (χ3n) is 4.84. The van der Waals surface area contributed by atoms with Crippen LogP contribution in [0.1, 0.15) is 5.56 Å². The second-order valence-electron chi connectivity index (χ2n) is 6.73. The Morgan fingerprint density at radius 2 is 1.78 bits per heavy atom. The van der Waals surface area contributed by atoms with Crippen molar-refractivity contribution in [2.45, 2.75) is 11.7 Å². The summed E-state index contributed by atoms with van der Waals surface area (Å²) in [6, 6.07) is 11.4. The monoisotopic (exact) mass is 471 g/mol. The van der Waals surface area contributed by atoms with E-state index in [1.54, 1.807) is 32.0 Å². The van der Waals surface area contributed by atoms with E-state index in [1.807, 2.05) is 42.7 Å². The van der Waals surface area contributed by atoms with Gasteiger partial charge in [0.25, 0.3) is 0 Å². The lowest BCUT2D eigenvalue weighted by atomic mass is 10.1. The molecule has 4 rings (SSSR count). The fourth-order valence-corrected chi connectivity index (χ4v) is 3.89.